The van der Waals surface area contributed by atoms with Gasteiger partial charge in [-0.3, -0.25) is 0 Å². The fraction of sp³-hybridized carbons (Fsp3) is 0.250. The molecule has 0 unspecified atom stereocenters. The van der Waals surface area contributed by atoms with Gasteiger partial charge >= 0.3 is 0 Å². The molecule has 0 atom stereocenters. The number of hydrogen-bond donors (Lipinski definition) is 1. The van der Waals surface area contributed by atoms with Crippen molar-refractivity contribution in [1.29, 1.82) is 0 Å². The maximum Gasteiger partial charge on any atom is 0.137 e. The second-order valence-electron chi connectivity index (χ2n) is 5.06. The molecular formula is C16H14Cl2FNS. The van der Waals surface area contributed by atoms with Gasteiger partial charge in [-0.1, -0.05) is 47.1 Å². The minimum absolute atomic E-state index is 0.207. The van der Waals surface area contributed by atoms with Crippen LogP contribution in [0.5, 0.6) is 0 Å². The van der Waals surface area contributed by atoms with Crippen LogP contribution in [0.1, 0.15) is 18.4 Å². The molecule has 0 aliphatic heterocycles. The van der Waals surface area contributed by atoms with Crippen molar-refractivity contribution in [2.24, 2.45) is 0 Å². The van der Waals surface area contributed by atoms with E-state index in [2.05, 4.69) is 5.32 Å². The lowest BCUT2D eigenvalue weighted by atomic mass is 10.2. The van der Waals surface area contributed by atoms with Crippen LogP contribution < -0.4 is 5.32 Å². The molecule has 1 fully saturated rings. The summed E-state index contributed by atoms with van der Waals surface area (Å²) < 4.78 is 14.1. The van der Waals surface area contributed by atoms with Gasteiger partial charge in [-0.15, -0.1) is 0 Å². The highest BCUT2D eigenvalue weighted by Gasteiger charge is 2.21. The molecule has 110 valence electrons. The first-order valence-corrected chi connectivity index (χ1v) is 8.34. The van der Waals surface area contributed by atoms with Gasteiger partial charge in [0.1, 0.15) is 5.82 Å². The van der Waals surface area contributed by atoms with Gasteiger partial charge < -0.3 is 5.32 Å². The Labute approximate surface area is 137 Å². The Morgan fingerprint density at radius 2 is 1.95 bits per heavy atom. The van der Waals surface area contributed by atoms with Crippen LogP contribution in [0, 0.1) is 5.82 Å². The number of hydrogen-bond acceptors (Lipinski definition) is 2. The van der Waals surface area contributed by atoms with Gasteiger partial charge in [-0.25, -0.2) is 4.39 Å². The fourth-order valence-corrected chi connectivity index (χ4v) is 3.36. The van der Waals surface area contributed by atoms with Crippen LogP contribution >= 0.6 is 35.0 Å². The van der Waals surface area contributed by atoms with Crippen LogP contribution in [0.25, 0.3) is 0 Å². The minimum Gasteiger partial charge on any atom is -0.310 e. The summed E-state index contributed by atoms with van der Waals surface area (Å²) in [5, 5.41) is 4.41. The fourth-order valence-electron chi connectivity index (χ4n) is 2.01. The second-order valence-corrected chi connectivity index (χ2v) is 6.96. The highest BCUT2D eigenvalue weighted by molar-refractivity contribution is 7.99. The molecule has 1 saturated carbocycles. The van der Waals surface area contributed by atoms with Gasteiger partial charge in [-0.2, -0.15) is 0 Å². The third-order valence-electron chi connectivity index (χ3n) is 3.32. The summed E-state index contributed by atoms with van der Waals surface area (Å²) in [5.41, 5.74) is 0.970. The van der Waals surface area contributed by atoms with Crippen LogP contribution in [-0.4, -0.2) is 6.04 Å². The van der Waals surface area contributed by atoms with E-state index >= 15 is 0 Å². The van der Waals surface area contributed by atoms with E-state index in [9.17, 15) is 4.39 Å². The molecule has 0 heterocycles. The number of rotatable bonds is 5. The van der Waals surface area contributed by atoms with Gasteiger partial charge in [0.05, 0.1) is 14.9 Å². The Hall–Kier alpha value is -0.740. The van der Waals surface area contributed by atoms with Gasteiger partial charge in [0.2, 0.25) is 0 Å². The lowest BCUT2D eigenvalue weighted by Crippen LogP contribution is -2.16. The second kappa shape index (κ2) is 6.57. The van der Waals surface area contributed by atoms with Crippen molar-refractivity contribution in [1.82, 2.24) is 5.32 Å². The standard InChI is InChI=1S/C16H14Cl2FNS/c17-13-7-6-12(8-14(13)18)21-16-10(2-1-3-15(16)19)9-20-11-4-5-11/h1-3,6-8,11,20H,4-5,9H2. The third-order valence-corrected chi connectivity index (χ3v) is 5.21. The molecule has 3 rings (SSSR count). The van der Waals surface area contributed by atoms with E-state index in [1.54, 1.807) is 18.2 Å². The Bertz CT molecular complexity index is 659. The smallest absolute Gasteiger partial charge is 0.137 e. The summed E-state index contributed by atoms with van der Waals surface area (Å²) in [6, 6.07) is 11.1. The van der Waals surface area contributed by atoms with Gasteiger partial charge in [0.25, 0.3) is 0 Å². The van der Waals surface area contributed by atoms with E-state index < -0.39 is 0 Å². The maximum absolute atomic E-state index is 14.1. The summed E-state index contributed by atoms with van der Waals surface area (Å²) in [7, 11) is 0. The van der Waals surface area contributed by atoms with Crippen molar-refractivity contribution >= 4 is 35.0 Å². The number of halogens is 3. The molecule has 2 aromatic carbocycles. The first kappa shape index (κ1) is 15.2. The molecule has 1 aliphatic carbocycles. The largest absolute Gasteiger partial charge is 0.310 e. The van der Waals surface area contributed by atoms with E-state index in [0.29, 0.717) is 27.5 Å². The van der Waals surface area contributed by atoms with Crippen molar-refractivity contribution in [2.75, 3.05) is 0 Å². The highest BCUT2D eigenvalue weighted by Crippen LogP contribution is 2.36. The molecule has 21 heavy (non-hydrogen) atoms. The maximum atomic E-state index is 14.1. The first-order valence-electron chi connectivity index (χ1n) is 6.77. The molecule has 0 spiro atoms. The van der Waals surface area contributed by atoms with Gasteiger partial charge in [0, 0.05) is 17.5 Å². The Morgan fingerprint density at radius 3 is 2.67 bits per heavy atom. The Kier molecular flexibility index (Phi) is 4.75. The molecule has 0 saturated heterocycles. The lowest BCUT2D eigenvalue weighted by molar-refractivity contribution is 0.589. The third kappa shape index (κ3) is 3.92. The van der Waals surface area contributed by atoms with Crippen molar-refractivity contribution in [2.45, 2.75) is 35.2 Å². The SMILES string of the molecule is Fc1cccc(CNC2CC2)c1Sc1ccc(Cl)c(Cl)c1. The van der Waals surface area contributed by atoms with Crippen LogP contribution in [0.3, 0.4) is 0 Å². The topological polar surface area (TPSA) is 12.0 Å². The number of benzene rings is 2. The summed E-state index contributed by atoms with van der Waals surface area (Å²) in [5.74, 6) is -0.207. The van der Waals surface area contributed by atoms with Crippen LogP contribution in [0.2, 0.25) is 10.0 Å². The molecule has 0 bridgehead atoms. The normalized spacial score (nSPS) is 14.4. The Balaban J connectivity index is 1.83. The van der Waals surface area contributed by atoms with Crippen LogP contribution in [0.15, 0.2) is 46.2 Å². The molecule has 1 N–H and O–H groups in total. The zero-order valence-corrected chi connectivity index (χ0v) is 13.5. The van der Waals surface area contributed by atoms with Crippen molar-refractivity contribution < 1.29 is 4.39 Å². The van der Waals surface area contributed by atoms with Crippen molar-refractivity contribution in [3.8, 4) is 0 Å². The van der Waals surface area contributed by atoms with Gasteiger partial charge in [0.15, 0.2) is 0 Å². The monoisotopic (exact) mass is 341 g/mol. The van der Waals surface area contributed by atoms with Crippen LogP contribution in [-0.2, 0) is 6.54 Å². The van der Waals surface area contributed by atoms with E-state index in [0.717, 1.165) is 10.5 Å². The summed E-state index contributed by atoms with van der Waals surface area (Å²) >= 11 is 13.3. The van der Waals surface area contributed by atoms with Crippen LogP contribution in [0.4, 0.5) is 4.39 Å². The molecule has 0 aromatic heterocycles. The molecule has 1 nitrogen and oxygen atoms in total. The van der Waals surface area contributed by atoms with E-state index in [4.69, 9.17) is 23.2 Å². The molecule has 0 radical (unpaired) electrons. The van der Waals surface area contributed by atoms with Gasteiger partial charge in [-0.05, 0) is 42.7 Å². The van der Waals surface area contributed by atoms with E-state index in [1.165, 1.54) is 30.7 Å². The zero-order valence-electron chi connectivity index (χ0n) is 11.2. The number of nitrogens with one attached hydrogen (secondary N) is 1. The highest BCUT2D eigenvalue weighted by atomic mass is 35.5. The average molecular weight is 342 g/mol. The van der Waals surface area contributed by atoms with E-state index in [-0.39, 0.29) is 5.82 Å². The summed E-state index contributed by atoms with van der Waals surface area (Å²) in [6.45, 7) is 0.687. The summed E-state index contributed by atoms with van der Waals surface area (Å²) in [4.78, 5) is 1.52. The van der Waals surface area contributed by atoms with Crippen molar-refractivity contribution in [3.05, 3.63) is 57.8 Å². The lowest BCUT2D eigenvalue weighted by Gasteiger charge is -2.11. The van der Waals surface area contributed by atoms with E-state index in [1.807, 2.05) is 12.1 Å². The molecular weight excluding hydrogens is 328 g/mol. The predicted molar refractivity (Wildman–Crippen MR) is 86.8 cm³/mol. The average Bonchev–Trinajstić information content (AvgIpc) is 3.28. The Morgan fingerprint density at radius 1 is 1.14 bits per heavy atom. The summed E-state index contributed by atoms with van der Waals surface area (Å²) in [6.07, 6.45) is 2.43. The van der Waals surface area contributed by atoms with Crippen molar-refractivity contribution in [3.63, 3.8) is 0 Å². The minimum atomic E-state index is -0.207. The molecule has 1 aliphatic rings. The first-order chi connectivity index (χ1) is 10.1. The zero-order chi connectivity index (χ0) is 14.8. The molecule has 0 amide bonds. The molecule has 2 aromatic rings. The quantitative estimate of drug-likeness (QED) is 0.766. The predicted octanol–water partition coefficient (Wildman–Crippen LogP) is 5.54. The molecule has 5 heteroatoms.